The van der Waals surface area contributed by atoms with Crippen LogP contribution in [0.1, 0.15) is 23.3 Å². The van der Waals surface area contributed by atoms with Crippen molar-refractivity contribution in [3.63, 3.8) is 0 Å². The fourth-order valence-electron chi connectivity index (χ4n) is 7.48. The number of likely N-dealkylation sites (N-methyl/N-ethyl adjacent to an activating group) is 2. The molecular weight excluding hydrogens is 582 g/mol. The number of primary amides is 1. The van der Waals surface area contributed by atoms with E-state index in [9.17, 15) is 34.8 Å². The number of hydrogen-bond donors (Lipinski definition) is 6. The zero-order chi connectivity index (χ0) is 32.5. The van der Waals surface area contributed by atoms with Gasteiger partial charge in [0.05, 0.1) is 23.7 Å². The molecule has 3 aliphatic carbocycles. The van der Waals surface area contributed by atoms with Gasteiger partial charge in [-0.1, -0.05) is 0 Å². The van der Waals surface area contributed by atoms with E-state index in [1.54, 1.807) is 12.1 Å². The van der Waals surface area contributed by atoms with E-state index in [0.717, 1.165) is 31.9 Å². The van der Waals surface area contributed by atoms with Gasteiger partial charge >= 0.3 is 0 Å². The summed E-state index contributed by atoms with van der Waals surface area (Å²) < 4.78 is 6.18. The number of aliphatic hydroxyl groups excluding tert-OH is 2. The van der Waals surface area contributed by atoms with Gasteiger partial charge in [0.15, 0.2) is 11.4 Å². The van der Waals surface area contributed by atoms with Gasteiger partial charge in [0.2, 0.25) is 5.78 Å². The van der Waals surface area contributed by atoms with E-state index in [1.807, 2.05) is 25.1 Å². The Morgan fingerprint density at radius 2 is 1.84 bits per heavy atom. The van der Waals surface area contributed by atoms with Crippen molar-refractivity contribution in [2.45, 2.75) is 31.0 Å². The lowest BCUT2D eigenvalue weighted by Gasteiger charge is -2.49. The van der Waals surface area contributed by atoms with Crippen molar-refractivity contribution < 1.29 is 39.2 Å². The Bertz CT molecular complexity index is 1670. The zero-order valence-corrected chi connectivity index (χ0v) is 25.8. The summed E-state index contributed by atoms with van der Waals surface area (Å²) in [5, 5.41) is 48.9. The van der Waals surface area contributed by atoms with Crippen molar-refractivity contribution in [2.24, 2.45) is 17.6 Å². The maximum absolute atomic E-state index is 14.1. The average Bonchev–Trinajstić information content (AvgIpc) is 3.44. The molecule has 0 spiro atoms. The first-order valence-corrected chi connectivity index (χ1v) is 15.0. The second-order valence-corrected chi connectivity index (χ2v) is 12.7. The van der Waals surface area contributed by atoms with Gasteiger partial charge in [-0.15, -0.1) is 0 Å². The zero-order valence-electron chi connectivity index (χ0n) is 25.8. The molecule has 13 heteroatoms. The normalized spacial score (nSPS) is 27.4. The fraction of sp³-hybridized carbons (Fsp3) is 0.469. The summed E-state index contributed by atoms with van der Waals surface area (Å²) >= 11 is 0. The molecule has 2 fully saturated rings. The van der Waals surface area contributed by atoms with Crippen molar-refractivity contribution in [1.82, 2.24) is 15.1 Å². The van der Waals surface area contributed by atoms with Gasteiger partial charge in [0.1, 0.15) is 34.4 Å². The van der Waals surface area contributed by atoms with Crippen molar-refractivity contribution >= 4 is 28.9 Å². The number of benzene rings is 1. The Labute approximate surface area is 260 Å². The van der Waals surface area contributed by atoms with Crippen LogP contribution in [-0.2, 0) is 27.3 Å². The smallest absolute Gasteiger partial charge is 0.255 e. The Kier molecular flexibility index (Phi) is 7.55. The van der Waals surface area contributed by atoms with Gasteiger partial charge < -0.3 is 45.7 Å². The van der Waals surface area contributed by atoms with Crippen LogP contribution in [0.25, 0.3) is 17.1 Å². The molecule has 7 N–H and O–H groups in total. The highest BCUT2D eigenvalue weighted by atomic mass is 16.4. The molecule has 2 heterocycles. The topological polar surface area (TPSA) is 193 Å². The number of nitrogens with two attached hydrogens (primary N) is 1. The number of rotatable bonds is 6. The number of aromatic hydroxyl groups is 1. The molecule has 0 unspecified atom stereocenters. The van der Waals surface area contributed by atoms with Crippen LogP contribution in [0.5, 0.6) is 5.75 Å². The third-order valence-corrected chi connectivity index (χ3v) is 9.87. The van der Waals surface area contributed by atoms with Crippen LogP contribution in [0.2, 0.25) is 0 Å². The SMILES string of the molecule is CN[C@@H]1C(=O)C(C(N)=O)=C(O)[C@@]2(O)C(=O)C3=C(O)c4c(O)c(-c5ccc(CN6CCN(C)CC6)o5)cc(N(C)C)c4C[C@H]3C[C@@H]12. The molecule has 0 radical (unpaired) electrons. The van der Waals surface area contributed by atoms with Crippen molar-refractivity contribution in [3.05, 3.63) is 52.0 Å². The molecule has 1 aromatic heterocycles. The predicted octanol–water partition coefficient (Wildman–Crippen LogP) is 0.695. The number of ketones is 2. The Hall–Kier alpha value is -4.17. The molecule has 6 rings (SSSR count). The number of carbonyl (C=O) groups is 3. The second-order valence-electron chi connectivity index (χ2n) is 12.7. The van der Waals surface area contributed by atoms with Gasteiger partial charge in [0, 0.05) is 57.5 Å². The van der Waals surface area contributed by atoms with Crippen LogP contribution >= 0.6 is 0 Å². The highest BCUT2D eigenvalue weighted by Gasteiger charge is 2.63. The standard InChI is InChI=1S/C32H39N5O8/c1-34-25-19-12-15-11-17-20(35(2)3)13-18(21-6-5-16(45-21)14-37-9-7-36(4)8-10-37)26(38)23(17)27(39)22(15)29(41)32(19,44)30(42)24(28(25)40)31(33)43/h5-6,13,15,19,25,34,38-39,42,44H,7-12,14H2,1-4H3,(H2,33,43)/t15-,19-,25-,32-/m0/s1. The Morgan fingerprint density at radius 3 is 2.47 bits per heavy atom. The van der Waals surface area contributed by atoms with Crippen molar-refractivity contribution in [2.75, 3.05) is 59.3 Å². The van der Waals surface area contributed by atoms with E-state index >= 15 is 0 Å². The molecular formula is C32H39N5O8. The summed E-state index contributed by atoms with van der Waals surface area (Å²) in [4.78, 5) is 45.7. The second kappa shape index (κ2) is 11.0. The number of phenols is 1. The molecule has 1 saturated heterocycles. The number of carbonyl (C=O) groups excluding carboxylic acids is 3. The van der Waals surface area contributed by atoms with Crippen LogP contribution in [0, 0.1) is 11.8 Å². The number of piperazine rings is 1. The maximum atomic E-state index is 14.1. The highest BCUT2D eigenvalue weighted by molar-refractivity contribution is 6.24. The van der Waals surface area contributed by atoms with Gasteiger partial charge in [0.25, 0.3) is 5.91 Å². The van der Waals surface area contributed by atoms with Gasteiger partial charge in [-0.3, -0.25) is 19.3 Å². The quantitative estimate of drug-likeness (QED) is 0.248. The number of anilines is 1. The number of hydrogen-bond acceptors (Lipinski definition) is 12. The van der Waals surface area contributed by atoms with E-state index in [0.29, 0.717) is 29.1 Å². The minimum atomic E-state index is -2.69. The maximum Gasteiger partial charge on any atom is 0.255 e. The van der Waals surface area contributed by atoms with E-state index in [-0.39, 0.29) is 29.7 Å². The number of Topliss-reactive ketones (excluding diaryl/α,β-unsaturated/α-hetero) is 2. The number of nitrogens with zero attached hydrogens (tertiary/aromatic N) is 3. The number of amides is 1. The lowest BCUT2D eigenvalue weighted by atomic mass is 9.57. The van der Waals surface area contributed by atoms with E-state index in [4.69, 9.17) is 10.2 Å². The Morgan fingerprint density at radius 1 is 1.16 bits per heavy atom. The van der Waals surface area contributed by atoms with Gasteiger partial charge in [-0.25, -0.2) is 0 Å². The van der Waals surface area contributed by atoms with Crippen molar-refractivity contribution in [1.29, 1.82) is 0 Å². The van der Waals surface area contributed by atoms with E-state index < -0.39 is 58.0 Å². The molecule has 4 atom stereocenters. The third kappa shape index (κ3) is 4.64. The summed E-state index contributed by atoms with van der Waals surface area (Å²) in [7, 11) is 7.18. The molecule has 0 bridgehead atoms. The molecule has 1 saturated carbocycles. The monoisotopic (exact) mass is 621 g/mol. The van der Waals surface area contributed by atoms with Crippen molar-refractivity contribution in [3.8, 4) is 17.1 Å². The Balaban J connectivity index is 1.45. The first-order chi connectivity index (χ1) is 21.3. The molecule has 13 nitrogen and oxygen atoms in total. The molecule has 240 valence electrons. The molecule has 45 heavy (non-hydrogen) atoms. The lowest BCUT2D eigenvalue weighted by Crippen LogP contribution is -2.65. The molecule has 1 aromatic carbocycles. The predicted molar refractivity (Wildman–Crippen MR) is 164 cm³/mol. The van der Waals surface area contributed by atoms with Crippen LogP contribution in [0.4, 0.5) is 5.69 Å². The van der Waals surface area contributed by atoms with Gasteiger partial charge in [-0.2, -0.15) is 0 Å². The van der Waals surface area contributed by atoms with Gasteiger partial charge in [-0.05, 0) is 56.6 Å². The highest BCUT2D eigenvalue weighted by Crippen LogP contribution is 2.54. The summed E-state index contributed by atoms with van der Waals surface area (Å²) in [5.41, 5.74) is 3.20. The largest absolute Gasteiger partial charge is 0.508 e. The fourth-order valence-corrected chi connectivity index (χ4v) is 7.48. The molecule has 1 aliphatic heterocycles. The lowest BCUT2D eigenvalue weighted by molar-refractivity contribution is -0.150. The number of fused-ring (bicyclic) bond motifs is 3. The minimum absolute atomic E-state index is 0.0115. The molecule has 4 aliphatic rings. The van der Waals surface area contributed by atoms with Crippen LogP contribution < -0.4 is 16.0 Å². The van der Waals surface area contributed by atoms with Crippen LogP contribution in [0.15, 0.2) is 39.5 Å². The third-order valence-electron chi connectivity index (χ3n) is 9.87. The first-order valence-electron chi connectivity index (χ1n) is 15.0. The number of furan rings is 1. The molecule has 1 amide bonds. The summed E-state index contributed by atoms with van der Waals surface area (Å²) in [6.07, 6.45) is 0.205. The number of phenolic OH excluding ortho intramolecular Hbond substituents is 1. The van der Waals surface area contributed by atoms with Crippen LogP contribution in [-0.4, -0.2) is 114 Å². The number of nitrogens with one attached hydrogen (secondary N) is 1. The van der Waals surface area contributed by atoms with E-state index in [2.05, 4.69) is 22.2 Å². The first kappa shape index (κ1) is 30.8. The van der Waals surface area contributed by atoms with E-state index in [1.165, 1.54) is 7.05 Å². The molecule has 2 aromatic rings. The number of aliphatic hydroxyl groups is 3. The summed E-state index contributed by atoms with van der Waals surface area (Å²) in [5.74, 6) is -5.84. The minimum Gasteiger partial charge on any atom is -0.508 e. The van der Waals surface area contributed by atoms with Crippen LogP contribution in [0.3, 0.4) is 0 Å². The summed E-state index contributed by atoms with van der Waals surface area (Å²) in [6.45, 7) is 4.32. The average molecular weight is 622 g/mol. The summed E-state index contributed by atoms with van der Waals surface area (Å²) in [6, 6.07) is 4.20.